The summed E-state index contributed by atoms with van der Waals surface area (Å²) in [5, 5.41) is 7.26. The van der Waals surface area contributed by atoms with Crippen molar-refractivity contribution < 1.29 is 23.5 Å². The zero-order valence-electron chi connectivity index (χ0n) is 11.9. The van der Waals surface area contributed by atoms with Crippen LogP contribution in [0.5, 0.6) is 0 Å². The summed E-state index contributed by atoms with van der Waals surface area (Å²) in [6.07, 6.45) is 0. The number of hydrogen-bond acceptors (Lipinski definition) is 6. The lowest BCUT2D eigenvalue weighted by atomic mass is 10.2. The highest BCUT2D eigenvalue weighted by Crippen LogP contribution is 2.50. The van der Waals surface area contributed by atoms with E-state index in [4.69, 9.17) is 31.1 Å². The second-order valence-corrected chi connectivity index (χ2v) is 6.28. The summed E-state index contributed by atoms with van der Waals surface area (Å²) in [7, 11) is -3.44. The molecule has 1 aromatic carbocycles. The standard InChI is InChI=1S/C12H17O4PS.CH2OS/c1-3-15-17(13,16-4-2)12(18)14-10-11-8-6-5-7-9-11;2-1-3/h5-9H,3-4,10H2,1-2H3;1H,(H,2,3). The van der Waals surface area contributed by atoms with Gasteiger partial charge in [-0.15, -0.1) is 0 Å². The number of aliphatic hydroxyl groups excluding tert-OH is 1. The molecular weight excluding hydrogens is 331 g/mol. The molecule has 0 aliphatic rings. The quantitative estimate of drug-likeness (QED) is 0.582. The van der Waals surface area contributed by atoms with Crippen LogP contribution in [0.2, 0.25) is 0 Å². The lowest BCUT2D eigenvalue weighted by Crippen LogP contribution is -2.09. The van der Waals surface area contributed by atoms with E-state index in [1.165, 1.54) is 0 Å². The summed E-state index contributed by atoms with van der Waals surface area (Å²) in [5.74, 6) is 0. The molecule has 8 heteroatoms. The van der Waals surface area contributed by atoms with E-state index in [0.717, 1.165) is 5.56 Å². The molecule has 0 bridgehead atoms. The topological polar surface area (TPSA) is 65.0 Å². The van der Waals surface area contributed by atoms with Gasteiger partial charge in [0.1, 0.15) is 12.2 Å². The van der Waals surface area contributed by atoms with Gasteiger partial charge in [-0.3, -0.25) is 4.57 Å². The Labute approximate surface area is 135 Å². The number of benzene rings is 1. The summed E-state index contributed by atoms with van der Waals surface area (Å²) in [6, 6.07) is 9.50. The van der Waals surface area contributed by atoms with Gasteiger partial charge in [0.15, 0.2) is 0 Å². The highest BCUT2D eigenvalue weighted by molar-refractivity contribution is 7.97. The minimum Gasteiger partial charge on any atom is -0.504 e. The first-order chi connectivity index (χ1) is 10.0. The first-order valence-electron chi connectivity index (χ1n) is 6.22. The molecule has 0 heterocycles. The lowest BCUT2D eigenvalue weighted by molar-refractivity contribution is 0.217. The Bertz CT molecular complexity index is 457. The molecule has 0 amide bonds. The van der Waals surface area contributed by atoms with Crippen LogP contribution >= 0.6 is 32.0 Å². The molecule has 1 aromatic rings. The van der Waals surface area contributed by atoms with Crippen molar-refractivity contribution in [2.45, 2.75) is 20.5 Å². The van der Waals surface area contributed by atoms with E-state index in [-0.39, 0.29) is 24.6 Å². The third-order valence-electron chi connectivity index (χ3n) is 2.03. The summed E-state index contributed by atoms with van der Waals surface area (Å²) in [5.41, 5.74) is 1.53. The van der Waals surface area contributed by atoms with E-state index in [1.54, 1.807) is 13.8 Å². The third-order valence-corrected chi connectivity index (χ3v) is 4.59. The molecule has 0 aliphatic heterocycles. The average molecular weight is 350 g/mol. The van der Waals surface area contributed by atoms with Gasteiger partial charge in [0, 0.05) is 0 Å². The molecule has 1 rings (SSSR count). The molecule has 0 aliphatic carbocycles. The lowest BCUT2D eigenvalue weighted by Gasteiger charge is -2.17. The van der Waals surface area contributed by atoms with Crippen LogP contribution in [0.3, 0.4) is 0 Å². The molecule has 0 aromatic heterocycles. The Kier molecular flexibility index (Phi) is 11.3. The highest BCUT2D eigenvalue weighted by atomic mass is 32.1. The summed E-state index contributed by atoms with van der Waals surface area (Å²) in [6.45, 7) is 4.22. The number of rotatable bonds is 7. The fraction of sp³-hybridized carbons (Fsp3) is 0.385. The van der Waals surface area contributed by atoms with Gasteiger partial charge in [-0.1, -0.05) is 30.3 Å². The van der Waals surface area contributed by atoms with Crippen molar-refractivity contribution >= 4 is 42.4 Å². The van der Waals surface area contributed by atoms with Gasteiger partial charge >= 0.3 is 7.60 Å². The first-order valence-corrected chi connectivity index (χ1v) is 8.64. The number of thiocarbonyl (C=S) groups is 2. The van der Waals surface area contributed by atoms with Crippen LogP contribution in [-0.4, -0.2) is 28.7 Å². The largest absolute Gasteiger partial charge is 0.504 e. The maximum absolute atomic E-state index is 12.2. The maximum atomic E-state index is 12.2. The van der Waals surface area contributed by atoms with Crippen LogP contribution in [0, 0.1) is 0 Å². The minimum atomic E-state index is -3.44. The summed E-state index contributed by atoms with van der Waals surface area (Å²) in [4.78, 5) is -0.116. The van der Waals surface area contributed by atoms with Gasteiger partial charge in [0.2, 0.25) is 0 Å². The molecule has 0 saturated heterocycles. The van der Waals surface area contributed by atoms with E-state index in [9.17, 15) is 4.57 Å². The van der Waals surface area contributed by atoms with E-state index < -0.39 is 7.60 Å². The molecular formula is C13H19O5PS2. The minimum absolute atomic E-state index is 0.116. The van der Waals surface area contributed by atoms with Gasteiger partial charge in [0.25, 0.3) is 4.79 Å². The number of aliphatic hydroxyl groups is 1. The Morgan fingerprint density at radius 3 is 2.14 bits per heavy atom. The normalized spacial score (nSPS) is 10.2. The van der Waals surface area contributed by atoms with Gasteiger partial charge in [-0.05, 0) is 43.8 Å². The van der Waals surface area contributed by atoms with E-state index in [0.29, 0.717) is 5.55 Å². The number of ether oxygens (including phenoxy) is 1. The van der Waals surface area contributed by atoms with Crippen molar-refractivity contribution in [3.63, 3.8) is 0 Å². The number of hydrogen-bond donors (Lipinski definition) is 1. The zero-order chi connectivity index (χ0) is 16.1. The van der Waals surface area contributed by atoms with Crippen molar-refractivity contribution in [2.75, 3.05) is 13.2 Å². The Balaban J connectivity index is 0.00000122. The fourth-order valence-electron chi connectivity index (χ4n) is 1.28. The molecule has 0 fully saturated rings. The summed E-state index contributed by atoms with van der Waals surface area (Å²) < 4.78 is 27.7. The second-order valence-electron chi connectivity index (χ2n) is 3.48. The van der Waals surface area contributed by atoms with Gasteiger partial charge in [-0.2, -0.15) is 0 Å². The van der Waals surface area contributed by atoms with Gasteiger partial charge in [0.05, 0.1) is 13.2 Å². The summed E-state index contributed by atoms with van der Waals surface area (Å²) >= 11 is 8.81. The van der Waals surface area contributed by atoms with Gasteiger partial charge in [-0.25, -0.2) is 0 Å². The smallest absolute Gasteiger partial charge is 0.407 e. The predicted octanol–water partition coefficient (Wildman–Crippen LogP) is 4.26. The van der Waals surface area contributed by atoms with Crippen molar-refractivity contribution in [1.29, 1.82) is 0 Å². The molecule has 0 unspecified atom stereocenters. The molecule has 0 spiro atoms. The van der Waals surface area contributed by atoms with Crippen molar-refractivity contribution in [3.05, 3.63) is 35.9 Å². The predicted molar refractivity (Wildman–Crippen MR) is 91.0 cm³/mol. The SMILES string of the molecule is CCOP(=O)(OCC)C(=S)OCc1ccccc1.OC=S. The maximum Gasteiger partial charge on any atom is 0.407 e. The molecule has 0 radical (unpaired) electrons. The van der Waals surface area contributed by atoms with E-state index >= 15 is 0 Å². The van der Waals surface area contributed by atoms with Crippen LogP contribution in [0.4, 0.5) is 0 Å². The van der Waals surface area contributed by atoms with E-state index in [1.807, 2.05) is 30.3 Å². The van der Waals surface area contributed by atoms with Crippen LogP contribution in [0.25, 0.3) is 0 Å². The molecule has 21 heavy (non-hydrogen) atoms. The third kappa shape index (κ3) is 8.24. The van der Waals surface area contributed by atoms with Crippen LogP contribution < -0.4 is 0 Å². The molecule has 1 N–H and O–H groups in total. The van der Waals surface area contributed by atoms with E-state index in [2.05, 4.69) is 12.2 Å². The van der Waals surface area contributed by atoms with Crippen LogP contribution in [0.1, 0.15) is 19.4 Å². The monoisotopic (exact) mass is 350 g/mol. The fourth-order valence-corrected chi connectivity index (χ4v) is 2.84. The first kappa shape index (κ1) is 20.1. The second kappa shape index (κ2) is 11.8. The van der Waals surface area contributed by atoms with Crippen molar-refractivity contribution in [1.82, 2.24) is 0 Å². The molecule has 0 saturated carbocycles. The molecule has 5 nitrogen and oxygen atoms in total. The van der Waals surface area contributed by atoms with Crippen molar-refractivity contribution in [2.24, 2.45) is 0 Å². The molecule has 0 atom stereocenters. The van der Waals surface area contributed by atoms with Crippen LogP contribution in [-0.2, 0) is 25.0 Å². The van der Waals surface area contributed by atoms with Crippen LogP contribution in [0.15, 0.2) is 30.3 Å². The highest BCUT2D eigenvalue weighted by Gasteiger charge is 2.31. The Morgan fingerprint density at radius 1 is 1.24 bits per heavy atom. The Morgan fingerprint density at radius 2 is 1.71 bits per heavy atom. The zero-order valence-corrected chi connectivity index (χ0v) is 14.5. The molecule has 118 valence electrons. The van der Waals surface area contributed by atoms with Crippen molar-refractivity contribution in [3.8, 4) is 0 Å². The average Bonchev–Trinajstić information content (AvgIpc) is 2.47. The Hall–Kier alpha value is -0.850. The van der Waals surface area contributed by atoms with Gasteiger partial charge < -0.3 is 18.9 Å².